The van der Waals surface area contributed by atoms with E-state index in [4.69, 9.17) is 18.9 Å². The number of piperidine rings is 1. The molecule has 7 rings (SSSR count). The van der Waals surface area contributed by atoms with Gasteiger partial charge in [0, 0.05) is 60.9 Å². The van der Waals surface area contributed by atoms with Gasteiger partial charge >= 0.3 is 0 Å². The quantitative estimate of drug-likeness (QED) is 0.0415. The zero-order chi connectivity index (χ0) is 47.7. The van der Waals surface area contributed by atoms with E-state index in [-0.39, 0.29) is 62.1 Å². The number of ether oxygens (including phenoxy) is 4. The van der Waals surface area contributed by atoms with E-state index in [2.05, 4.69) is 41.4 Å². The van der Waals surface area contributed by atoms with Gasteiger partial charge in [-0.1, -0.05) is 30.7 Å². The molecule has 2 aliphatic heterocycles. The number of unbranched alkanes of at least 4 members (excludes halogenated alkanes) is 3. The molecular weight excluding hydrogens is 873 g/mol. The van der Waals surface area contributed by atoms with Crippen LogP contribution in [0.15, 0.2) is 85.3 Å². The van der Waals surface area contributed by atoms with E-state index in [0.29, 0.717) is 80.1 Å². The minimum absolute atomic E-state index is 0.123. The lowest BCUT2D eigenvalue weighted by molar-refractivity contribution is -0.137. The molecular formula is C49H58N10O9. The second-order valence-corrected chi connectivity index (χ2v) is 16.4. The van der Waals surface area contributed by atoms with E-state index in [1.165, 1.54) is 11.2 Å². The summed E-state index contributed by atoms with van der Waals surface area (Å²) in [5.74, 6) is 0.593. The van der Waals surface area contributed by atoms with Crippen LogP contribution in [0.5, 0.6) is 5.75 Å². The minimum Gasteiger partial charge on any atom is -0.494 e. The normalized spacial score (nSPS) is 14.9. The zero-order valence-electron chi connectivity index (χ0n) is 38.4. The van der Waals surface area contributed by atoms with Crippen molar-refractivity contribution >= 4 is 40.9 Å². The summed E-state index contributed by atoms with van der Waals surface area (Å²) in [6.45, 7) is 5.66. The maximum Gasteiger partial charge on any atom is 0.255 e. The Bertz CT molecular complexity index is 2500. The summed E-state index contributed by atoms with van der Waals surface area (Å²) in [4.78, 5) is 72.4. The Balaban J connectivity index is 0.673. The van der Waals surface area contributed by atoms with Crippen LogP contribution in [-0.4, -0.2) is 111 Å². The first-order valence-electron chi connectivity index (χ1n) is 23.0. The van der Waals surface area contributed by atoms with Crippen molar-refractivity contribution < 1.29 is 42.9 Å². The van der Waals surface area contributed by atoms with E-state index >= 15 is 0 Å². The van der Waals surface area contributed by atoms with Crippen LogP contribution in [-0.2, 0) is 48.7 Å². The first-order valence-corrected chi connectivity index (χ1v) is 23.0. The van der Waals surface area contributed by atoms with Crippen molar-refractivity contribution in [2.75, 3.05) is 56.9 Å². The molecule has 4 heterocycles. The molecule has 2 aliphatic rings. The third-order valence-corrected chi connectivity index (χ3v) is 11.6. The minimum atomic E-state index is -0.723. The number of hydrogen-bond acceptors (Lipinski definition) is 14. The fraction of sp³-hybridized carbons (Fsp3) is 0.408. The lowest BCUT2D eigenvalue weighted by atomic mass is 10.0. The first-order chi connectivity index (χ1) is 33.1. The number of fused-ring (bicyclic) bond motifs is 1. The van der Waals surface area contributed by atoms with Crippen LogP contribution in [0.2, 0.25) is 0 Å². The number of benzene rings is 3. The van der Waals surface area contributed by atoms with Crippen molar-refractivity contribution in [1.29, 1.82) is 0 Å². The standard InChI is InChI=1S/C49H58N10O9/c1-33(53-47(62)35-9-7-10-36(29-35)51-30-43-56-57-46(58(43)2)41-19-21-50-32-52-41)34-13-15-37(16-14-34)68-23-6-4-3-5-22-65-25-27-67-28-26-66-24-20-45(61)54-40-12-8-11-38-39(40)31-59(49(38)64)42-17-18-44(60)55-48(42)63/h7-16,19,21,29,32-33,42,51H,3-6,17-18,20,22-28,30-31H2,1-2H3,(H,53,62)(H,54,61)(H,55,60,63). The van der Waals surface area contributed by atoms with Crippen molar-refractivity contribution in [3.63, 3.8) is 0 Å². The predicted octanol–water partition coefficient (Wildman–Crippen LogP) is 5.15. The largest absolute Gasteiger partial charge is 0.494 e. The molecule has 19 nitrogen and oxygen atoms in total. The van der Waals surface area contributed by atoms with Gasteiger partial charge in [0.1, 0.15) is 23.8 Å². The second-order valence-electron chi connectivity index (χ2n) is 16.4. The van der Waals surface area contributed by atoms with Gasteiger partial charge in [0.15, 0.2) is 11.6 Å². The topological polar surface area (TPSA) is 230 Å². The third kappa shape index (κ3) is 13.5. The highest BCUT2D eigenvalue weighted by Gasteiger charge is 2.40. The van der Waals surface area contributed by atoms with Crippen LogP contribution in [0.1, 0.15) is 95.6 Å². The molecule has 68 heavy (non-hydrogen) atoms. The highest BCUT2D eigenvalue weighted by Crippen LogP contribution is 2.32. The van der Waals surface area contributed by atoms with Gasteiger partial charge in [-0.3, -0.25) is 29.3 Å². The van der Waals surface area contributed by atoms with Gasteiger partial charge in [0.2, 0.25) is 17.7 Å². The molecule has 0 aliphatic carbocycles. The van der Waals surface area contributed by atoms with Gasteiger partial charge in [0.25, 0.3) is 11.8 Å². The Hall–Kier alpha value is -7.09. The molecule has 5 aromatic rings. The summed E-state index contributed by atoms with van der Waals surface area (Å²) >= 11 is 0. The van der Waals surface area contributed by atoms with E-state index < -0.39 is 11.9 Å². The summed E-state index contributed by atoms with van der Waals surface area (Å²) < 4.78 is 24.7. The monoisotopic (exact) mass is 930 g/mol. The van der Waals surface area contributed by atoms with Gasteiger partial charge in [-0.15, -0.1) is 10.2 Å². The van der Waals surface area contributed by atoms with E-state index in [1.54, 1.807) is 36.5 Å². The predicted molar refractivity (Wildman–Crippen MR) is 250 cm³/mol. The lowest BCUT2D eigenvalue weighted by Crippen LogP contribution is -2.52. The van der Waals surface area contributed by atoms with E-state index in [0.717, 1.165) is 48.5 Å². The Morgan fingerprint density at radius 2 is 1.60 bits per heavy atom. The van der Waals surface area contributed by atoms with Crippen LogP contribution in [0.3, 0.4) is 0 Å². The number of aromatic nitrogens is 5. The van der Waals surface area contributed by atoms with Crippen LogP contribution >= 0.6 is 0 Å². The molecule has 0 saturated carbocycles. The molecule has 2 unspecified atom stereocenters. The smallest absolute Gasteiger partial charge is 0.255 e. The Kier molecular flexibility index (Phi) is 17.7. The number of anilines is 2. The van der Waals surface area contributed by atoms with Crippen LogP contribution in [0.4, 0.5) is 11.4 Å². The average molecular weight is 931 g/mol. The molecule has 5 amide bonds. The van der Waals surface area contributed by atoms with Gasteiger partial charge in [0.05, 0.1) is 58.6 Å². The first kappa shape index (κ1) is 48.8. The van der Waals surface area contributed by atoms with Crippen molar-refractivity contribution in [1.82, 2.24) is 40.3 Å². The number of carbonyl (C=O) groups is 5. The molecule has 0 bridgehead atoms. The van der Waals surface area contributed by atoms with Crippen molar-refractivity contribution in [3.8, 4) is 17.3 Å². The van der Waals surface area contributed by atoms with Crippen LogP contribution in [0, 0.1) is 0 Å². The molecule has 19 heteroatoms. The zero-order valence-corrected chi connectivity index (χ0v) is 38.4. The van der Waals surface area contributed by atoms with Crippen molar-refractivity contribution in [2.24, 2.45) is 7.05 Å². The number of nitrogens with one attached hydrogen (secondary N) is 4. The van der Waals surface area contributed by atoms with Gasteiger partial charge < -0.3 is 44.4 Å². The molecule has 3 aromatic carbocycles. The van der Waals surface area contributed by atoms with E-state index in [1.807, 2.05) is 61.0 Å². The number of hydrogen-bond donors (Lipinski definition) is 4. The molecule has 0 spiro atoms. The molecule has 2 atom stereocenters. The van der Waals surface area contributed by atoms with Gasteiger partial charge in [-0.05, 0) is 86.7 Å². The molecule has 4 N–H and O–H groups in total. The highest BCUT2D eigenvalue weighted by atomic mass is 16.5. The fourth-order valence-electron chi connectivity index (χ4n) is 7.80. The van der Waals surface area contributed by atoms with Crippen molar-refractivity contribution in [3.05, 3.63) is 113 Å². The number of nitrogens with zero attached hydrogens (tertiary/aromatic N) is 6. The summed E-state index contributed by atoms with van der Waals surface area (Å²) in [5, 5.41) is 20.1. The summed E-state index contributed by atoms with van der Waals surface area (Å²) in [5.41, 5.74) is 4.58. The Morgan fingerprint density at radius 1 is 0.853 bits per heavy atom. The molecule has 2 aromatic heterocycles. The second kappa shape index (κ2) is 24.6. The number of carbonyl (C=O) groups excluding carboxylic acids is 5. The maximum atomic E-state index is 13.2. The number of amides is 5. The molecule has 1 fully saturated rings. The van der Waals surface area contributed by atoms with Crippen LogP contribution < -0.4 is 26.0 Å². The molecule has 1 saturated heterocycles. The maximum absolute atomic E-state index is 13.2. The Labute approximate surface area is 394 Å². The fourth-order valence-corrected chi connectivity index (χ4v) is 7.80. The van der Waals surface area contributed by atoms with Crippen molar-refractivity contribution in [2.45, 2.75) is 77.0 Å². The SMILES string of the molecule is CC(NC(=O)c1cccc(NCc2nnc(-c3ccncn3)n2C)c1)c1ccc(OCCCCCCOCCOCCOCCC(=O)Nc2cccc3c2CN(C2CCC(=O)NC2=O)C3=O)cc1. The lowest BCUT2D eigenvalue weighted by Gasteiger charge is -2.29. The summed E-state index contributed by atoms with van der Waals surface area (Å²) in [6.07, 6.45) is 7.62. The van der Waals surface area contributed by atoms with Gasteiger partial charge in [-0.25, -0.2) is 9.97 Å². The van der Waals surface area contributed by atoms with Gasteiger partial charge in [-0.2, -0.15) is 0 Å². The molecule has 0 radical (unpaired) electrons. The average Bonchev–Trinajstić information content (AvgIpc) is 3.89. The third-order valence-electron chi connectivity index (χ3n) is 11.6. The van der Waals surface area contributed by atoms with Crippen LogP contribution in [0.25, 0.3) is 11.5 Å². The van der Waals surface area contributed by atoms with E-state index in [9.17, 15) is 24.0 Å². The molecule has 358 valence electrons. The Morgan fingerprint density at radius 3 is 2.37 bits per heavy atom. The number of rotatable bonds is 26. The summed E-state index contributed by atoms with van der Waals surface area (Å²) in [6, 6.07) is 21.1. The number of imide groups is 1. The highest BCUT2D eigenvalue weighted by molar-refractivity contribution is 6.06. The summed E-state index contributed by atoms with van der Waals surface area (Å²) in [7, 11) is 1.88.